The van der Waals surface area contributed by atoms with Crippen LogP contribution in [0.5, 0.6) is 0 Å². The lowest BCUT2D eigenvalue weighted by Crippen LogP contribution is -2.35. The van der Waals surface area contributed by atoms with E-state index in [1.807, 2.05) is 60.7 Å². The van der Waals surface area contributed by atoms with E-state index in [-0.39, 0.29) is 0 Å². The molecule has 100 valence electrons. The molecule has 0 saturated carbocycles. The number of benzene rings is 2. The average Bonchev–Trinajstić information content (AvgIpc) is 2.52. The maximum atomic E-state index is 9.26. The van der Waals surface area contributed by atoms with Gasteiger partial charge in [0.1, 0.15) is 6.17 Å². The fraction of sp³-hybridized carbons (Fsp3) is 0.0625. The van der Waals surface area contributed by atoms with Gasteiger partial charge >= 0.3 is 0 Å². The maximum absolute atomic E-state index is 9.26. The van der Waals surface area contributed by atoms with Gasteiger partial charge in [-0.05, 0) is 23.8 Å². The number of nitrogens with zero attached hydrogens (tertiary/aromatic N) is 1. The predicted molar refractivity (Wildman–Crippen MR) is 78.8 cm³/mol. The second-order valence-electron chi connectivity index (χ2n) is 4.19. The Bertz CT molecular complexity index is 603. The van der Waals surface area contributed by atoms with Gasteiger partial charge in [-0.15, -0.1) is 0 Å². The highest BCUT2D eigenvalue weighted by Gasteiger charge is 2.12. The zero-order chi connectivity index (χ0) is 14.2. The Kier molecular flexibility index (Phi) is 4.90. The summed E-state index contributed by atoms with van der Waals surface area (Å²) in [5.74, 6) is 0. The Labute approximate surface area is 117 Å². The van der Waals surface area contributed by atoms with Crippen LogP contribution in [0, 0.1) is 11.3 Å². The summed E-state index contributed by atoms with van der Waals surface area (Å²) < 4.78 is 0. The van der Waals surface area contributed by atoms with Crippen molar-refractivity contribution < 1.29 is 5.21 Å². The number of hydrogen-bond donors (Lipinski definition) is 3. The first kappa shape index (κ1) is 13.8. The second-order valence-corrected chi connectivity index (χ2v) is 4.19. The lowest BCUT2D eigenvalue weighted by Gasteiger charge is -2.17. The summed E-state index contributed by atoms with van der Waals surface area (Å²) in [6.07, 6.45) is 1.06. The standard InChI is InChI=1S/C16H15N3O/c17-12-14(11-13-7-3-1-4-8-13)16(19-20)18-15-9-5-2-6-10-15/h1-11,16,18-20H/b14-11+/t16-/m1/s1. The molecule has 2 aromatic carbocycles. The van der Waals surface area contributed by atoms with Crippen molar-refractivity contribution in [2.75, 3.05) is 5.32 Å². The molecule has 0 unspecified atom stereocenters. The van der Waals surface area contributed by atoms with Gasteiger partial charge in [0.05, 0.1) is 11.6 Å². The van der Waals surface area contributed by atoms with E-state index in [0.29, 0.717) is 5.57 Å². The third-order valence-electron chi connectivity index (χ3n) is 2.78. The van der Waals surface area contributed by atoms with Crippen molar-refractivity contribution in [2.45, 2.75) is 6.17 Å². The normalized spacial score (nSPS) is 12.5. The molecule has 20 heavy (non-hydrogen) atoms. The molecule has 0 radical (unpaired) electrons. The Hall–Kier alpha value is -2.61. The molecule has 0 spiro atoms. The van der Waals surface area contributed by atoms with Crippen LogP contribution >= 0.6 is 0 Å². The number of nitrogens with one attached hydrogen (secondary N) is 2. The molecule has 0 bridgehead atoms. The minimum Gasteiger partial charge on any atom is -0.364 e. The summed E-state index contributed by atoms with van der Waals surface area (Å²) in [7, 11) is 0. The van der Waals surface area contributed by atoms with Crippen LogP contribution in [0.25, 0.3) is 6.08 Å². The van der Waals surface area contributed by atoms with Crippen LogP contribution in [0.2, 0.25) is 0 Å². The lowest BCUT2D eigenvalue weighted by molar-refractivity contribution is 0.150. The van der Waals surface area contributed by atoms with E-state index in [4.69, 9.17) is 0 Å². The van der Waals surface area contributed by atoms with Crippen LogP contribution < -0.4 is 10.8 Å². The fourth-order valence-corrected chi connectivity index (χ4v) is 1.79. The summed E-state index contributed by atoms with van der Waals surface area (Å²) in [4.78, 5) is 0. The van der Waals surface area contributed by atoms with Crippen molar-refractivity contribution in [2.24, 2.45) is 0 Å². The first-order valence-corrected chi connectivity index (χ1v) is 6.21. The molecule has 0 fully saturated rings. The molecular weight excluding hydrogens is 250 g/mol. The van der Waals surface area contributed by atoms with Crippen LogP contribution in [0.4, 0.5) is 5.69 Å². The van der Waals surface area contributed by atoms with Gasteiger partial charge in [0.15, 0.2) is 0 Å². The van der Waals surface area contributed by atoms with E-state index in [0.717, 1.165) is 11.3 Å². The quantitative estimate of drug-likeness (QED) is 0.441. The molecule has 0 saturated heterocycles. The summed E-state index contributed by atoms with van der Waals surface area (Å²) in [5, 5.41) is 21.6. The second kappa shape index (κ2) is 7.10. The van der Waals surface area contributed by atoms with E-state index < -0.39 is 6.17 Å². The monoisotopic (exact) mass is 265 g/mol. The van der Waals surface area contributed by atoms with Gasteiger partial charge in [-0.2, -0.15) is 10.7 Å². The van der Waals surface area contributed by atoms with Crippen molar-refractivity contribution >= 4 is 11.8 Å². The van der Waals surface area contributed by atoms with E-state index in [1.165, 1.54) is 0 Å². The van der Waals surface area contributed by atoms with E-state index >= 15 is 0 Å². The number of hydroxylamine groups is 1. The van der Waals surface area contributed by atoms with Gasteiger partial charge in [-0.1, -0.05) is 48.5 Å². The van der Waals surface area contributed by atoms with Crippen LogP contribution in [0.3, 0.4) is 0 Å². The number of anilines is 1. The summed E-state index contributed by atoms with van der Waals surface area (Å²) in [5.41, 5.74) is 4.23. The van der Waals surface area contributed by atoms with Crippen LogP contribution in [0.15, 0.2) is 66.2 Å². The third kappa shape index (κ3) is 3.69. The topological polar surface area (TPSA) is 68.1 Å². The van der Waals surface area contributed by atoms with Gasteiger partial charge < -0.3 is 10.5 Å². The molecule has 2 rings (SSSR count). The molecule has 0 heterocycles. The number of hydrogen-bond acceptors (Lipinski definition) is 4. The number of rotatable bonds is 5. The molecule has 4 heteroatoms. The average molecular weight is 265 g/mol. The van der Waals surface area contributed by atoms with Crippen LogP contribution in [-0.4, -0.2) is 11.4 Å². The van der Waals surface area contributed by atoms with E-state index in [1.54, 1.807) is 6.08 Å². The summed E-state index contributed by atoms with van der Waals surface area (Å²) in [6, 6.07) is 21.0. The van der Waals surface area contributed by atoms with Gasteiger partial charge in [0.25, 0.3) is 0 Å². The molecular formula is C16H15N3O. The van der Waals surface area contributed by atoms with E-state index in [9.17, 15) is 10.5 Å². The van der Waals surface area contributed by atoms with Gasteiger partial charge in [-0.3, -0.25) is 0 Å². The Morgan fingerprint density at radius 1 is 1.05 bits per heavy atom. The van der Waals surface area contributed by atoms with Crippen molar-refractivity contribution in [3.63, 3.8) is 0 Å². The maximum Gasteiger partial charge on any atom is 0.136 e. The summed E-state index contributed by atoms with van der Waals surface area (Å²) in [6.45, 7) is 0. The first-order chi connectivity index (χ1) is 9.83. The molecule has 4 nitrogen and oxygen atoms in total. The van der Waals surface area contributed by atoms with Crippen molar-refractivity contribution in [3.05, 3.63) is 71.8 Å². The predicted octanol–water partition coefficient (Wildman–Crippen LogP) is 3.01. The third-order valence-corrected chi connectivity index (χ3v) is 2.78. The molecule has 0 aliphatic rings. The van der Waals surface area contributed by atoms with Crippen LogP contribution in [-0.2, 0) is 0 Å². The molecule has 3 N–H and O–H groups in total. The van der Waals surface area contributed by atoms with Gasteiger partial charge in [-0.25, -0.2) is 0 Å². The Balaban J connectivity index is 2.20. The first-order valence-electron chi connectivity index (χ1n) is 6.21. The van der Waals surface area contributed by atoms with Crippen molar-refractivity contribution in [1.82, 2.24) is 5.48 Å². The minimum atomic E-state index is -0.664. The minimum absolute atomic E-state index is 0.391. The SMILES string of the molecule is N#C/C(=C\c1ccccc1)[C@@H](NO)Nc1ccccc1. The molecule has 0 aromatic heterocycles. The smallest absolute Gasteiger partial charge is 0.136 e. The highest BCUT2D eigenvalue weighted by molar-refractivity contribution is 5.60. The number of nitriles is 1. The zero-order valence-corrected chi connectivity index (χ0v) is 10.8. The Morgan fingerprint density at radius 3 is 2.20 bits per heavy atom. The van der Waals surface area contributed by atoms with Crippen molar-refractivity contribution in [1.29, 1.82) is 5.26 Å². The van der Waals surface area contributed by atoms with Crippen molar-refractivity contribution in [3.8, 4) is 6.07 Å². The van der Waals surface area contributed by atoms with Crippen LogP contribution in [0.1, 0.15) is 5.56 Å². The Morgan fingerprint density at radius 2 is 1.65 bits per heavy atom. The van der Waals surface area contributed by atoms with Gasteiger partial charge in [0, 0.05) is 5.69 Å². The van der Waals surface area contributed by atoms with Gasteiger partial charge in [0.2, 0.25) is 0 Å². The molecule has 0 aliphatic carbocycles. The fourth-order valence-electron chi connectivity index (χ4n) is 1.79. The molecule has 0 amide bonds. The molecule has 2 aromatic rings. The van der Waals surface area contributed by atoms with E-state index in [2.05, 4.69) is 16.9 Å². The lowest BCUT2D eigenvalue weighted by atomic mass is 10.1. The summed E-state index contributed by atoms with van der Waals surface area (Å²) >= 11 is 0. The molecule has 0 aliphatic heterocycles. The zero-order valence-electron chi connectivity index (χ0n) is 10.8. The number of para-hydroxylation sites is 1. The largest absolute Gasteiger partial charge is 0.364 e. The molecule has 1 atom stereocenters. The highest BCUT2D eigenvalue weighted by atomic mass is 16.5. The highest BCUT2D eigenvalue weighted by Crippen LogP contribution is 2.13.